The van der Waals surface area contributed by atoms with Crippen LogP contribution in [-0.2, 0) is 9.84 Å². The zero-order chi connectivity index (χ0) is 9.41. The van der Waals surface area contributed by atoms with Gasteiger partial charge in [-0.2, -0.15) is 0 Å². The van der Waals surface area contributed by atoms with Crippen LogP contribution in [0.2, 0.25) is 0 Å². The first kappa shape index (κ1) is 9.85. The number of sulfone groups is 1. The van der Waals surface area contributed by atoms with Crippen LogP contribution in [0.4, 0.5) is 8.78 Å². The second kappa shape index (κ2) is 2.92. The van der Waals surface area contributed by atoms with Gasteiger partial charge in [0.05, 0.1) is 12.3 Å². The average Bonchev–Trinajstić information content (AvgIpc) is 2.30. The Labute approximate surface area is 69.9 Å². The standard InChI is InChI=1S/C6H11F2NO2S/c7-6(8,4-9)5-2-1-3-12(5,10)11/h5H,1-4,9H2. The predicted octanol–water partition coefficient (Wildman–Crippen LogP) is 0.158. The van der Waals surface area contributed by atoms with Gasteiger partial charge in [0.25, 0.3) is 5.92 Å². The highest BCUT2D eigenvalue weighted by Gasteiger charge is 2.49. The van der Waals surface area contributed by atoms with Crippen molar-refractivity contribution in [1.29, 1.82) is 0 Å². The molecule has 1 atom stereocenters. The Balaban J connectivity index is 2.90. The number of nitrogens with two attached hydrogens (primary N) is 1. The SMILES string of the molecule is NCC(F)(F)C1CCCS1(=O)=O. The molecule has 1 aliphatic heterocycles. The van der Waals surface area contributed by atoms with Gasteiger partial charge in [-0.15, -0.1) is 0 Å². The number of hydrogen-bond acceptors (Lipinski definition) is 3. The lowest BCUT2D eigenvalue weighted by molar-refractivity contribution is 0.00626. The number of alkyl halides is 2. The molecule has 1 saturated heterocycles. The third kappa shape index (κ3) is 1.59. The van der Waals surface area contributed by atoms with Gasteiger partial charge in [-0.1, -0.05) is 0 Å². The van der Waals surface area contributed by atoms with E-state index < -0.39 is 27.6 Å². The molecule has 2 N–H and O–H groups in total. The third-order valence-electron chi connectivity index (χ3n) is 2.07. The van der Waals surface area contributed by atoms with E-state index in [1.165, 1.54) is 0 Å². The van der Waals surface area contributed by atoms with E-state index in [0.29, 0.717) is 6.42 Å². The first-order valence-corrected chi connectivity index (χ1v) is 5.41. The summed E-state index contributed by atoms with van der Waals surface area (Å²) >= 11 is 0. The van der Waals surface area contributed by atoms with Crippen molar-refractivity contribution in [2.45, 2.75) is 24.0 Å². The van der Waals surface area contributed by atoms with Crippen LogP contribution in [0.25, 0.3) is 0 Å². The van der Waals surface area contributed by atoms with Crippen molar-refractivity contribution in [1.82, 2.24) is 0 Å². The van der Waals surface area contributed by atoms with Crippen LogP contribution in [0.5, 0.6) is 0 Å². The lowest BCUT2D eigenvalue weighted by Gasteiger charge is -2.19. The minimum atomic E-state index is -3.59. The smallest absolute Gasteiger partial charge is 0.276 e. The Bertz CT molecular complexity index is 263. The lowest BCUT2D eigenvalue weighted by Crippen LogP contribution is -2.43. The maximum atomic E-state index is 12.8. The van der Waals surface area contributed by atoms with Gasteiger partial charge in [0, 0.05) is 0 Å². The third-order valence-corrected chi connectivity index (χ3v) is 4.38. The normalized spacial score (nSPS) is 29.1. The molecule has 1 aliphatic rings. The molecule has 0 bridgehead atoms. The quantitative estimate of drug-likeness (QED) is 0.689. The first-order valence-electron chi connectivity index (χ1n) is 3.69. The number of hydrogen-bond donors (Lipinski definition) is 1. The maximum Gasteiger partial charge on any atom is 0.276 e. The van der Waals surface area contributed by atoms with E-state index >= 15 is 0 Å². The Morgan fingerprint density at radius 1 is 1.50 bits per heavy atom. The van der Waals surface area contributed by atoms with Crippen molar-refractivity contribution in [3.8, 4) is 0 Å². The second-order valence-electron chi connectivity index (χ2n) is 2.96. The van der Waals surface area contributed by atoms with Crippen LogP contribution < -0.4 is 5.73 Å². The molecule has 3 nitrogen and oxygen atoms in total. The molecule has 0 radical (unpaired) electrons. The number of halogens is 2. The average molecular weight is 199 g/mol. The van der Waals surface area contributed by atoms with E-state index in [1.54, 1.807) is 0 Å². The van der Waals surface area contributed by atoms with Crippen LogP contribution >= 0.6 is 0 Å². The highest BCUT2D eigenvalue weighted by molar-refractivity contribution is 7.92. The molecule has 0 amide bonds. The van der Waals surface area contributed by atoms with Crippen molar-refractivity contribution in [2.75, 3.05) is 12.3 Å². The van der Waals surface area contributed by atoms with Crippen LogP contribution in [0.1, 0.15) is 12.8 Å². The summed E-state index contributed by atoms with van der Waals surface area (Å²) < 4.78 is 47.8. The van der Waals surface area contributed by atoms with Gasteiger partial charge in [-0.25, -0.2) is 17.2 Å². The van der Waals surface area contributed by atoms with Crippen molar-refractivity contribution < 1.29 is 17.2 Å². The van der Waals surface area contributed by atoms with Crippen LogP contribution in [0.15, 0.2) is 0 Å². The van der Waals surface area contributed by atoms with Crippen molar-refractivity contribution in [3.05, 3.63) is 0 Å². The molecular formula is C6H11F2NO2S. The summed E-state index contributed by atoms with van der Waals surface area (Å²) in [6.45, 7) is -0.892. The zero-order valence-corrected chi connectivity index (χ0v) is 7.28. The van der Waals surface area contributed by atoms with Gasteiger partial charge in [-0.3, -0.25) is 0 Å². The molecule has 1 heterocycles. The van der Waals surface area contributed by atoms with Crippen LogP contribution in [-0.4, -0.2) is 31.9 Å². The van der Waals surface area contributed by atoms with E-state index in [-0.39, 0.29) is 12.2 Å². The van der Waals surface area contributed by atoms with Gasteiger partial charge in [-0.05, 0) is 12.8 Å². The summed E-state index contributed by atoms with van der Waals surface area (Å²) in [5.74, 6) is -3.39. The molecule has 0 spiro atoms. The Hall–Kier alpha value is -0.230. The highest BCUT2D eigenvalue weighted by Crippen LogP contribution is 2.32. The molecule has 0 aliphatic carbocycles. The molecule has 6 heteroatoms. The maximum absolute atomic E-state index is 12.8. The Morgan fingerprint density at radius 3 is 2.42 bits per heavy atom. The first-order chi connectivity index (χ1) is 5.40. The van der Waals surface area contributed by atoms with Crippen molar-refractivity contribution >= 4 is 9.84 Å². The fourth-order valence-corrected chi connectivity index (χ4v) is 3.40. The molecule has 0 saturated carbocycles. The molecule has 1 unspecified atom stereocenters. The summed E-state index contributed by atoms with van der Waals surface area (Å²) in [4.78, 5) is 0. The molecule has 12 heavy (non-hydrogen) atoms. The summed E-state index contributed by atoms with van der Waals surface area (Å²) in [6.07, 6.45) is 0.356. The van der Waals surface area contributed by atoms with E-state index in [2.05, 4.69) is 0 Å². The molecular weight excluding hydrogens is 188 g/mol. The molecule has 72 valence electrons. The van der Waals surface area contributed by atoms with Crippen molar-refractivity contribution in [3.63, 3.8) is 0 Å². The molecule has 0 aromatic rings. The summed E-state index contributed by atoms with van der Waals surface area (Å²) in [7, 11) is -3.59. The minimum Gasteiger partial charge on any atom is -0.325 e. The van der Waals surface area contributed by atoms with Gasteiger partial charge >= 0.3 is 0 Å². The van der Waals surface area contributed by atoms with Gasteiger partial charge < -0.3 is 5.73 Å². The predicted molar refractivity (Wildman–Crippen MR) is 40.8 cm³/mol. The monoisotopic (exact) mass is 199 g/mol. The molecule has 0 aromatic heterocycles. The lowest BCUT2D eigenvalue weighted by atomic mass is 10.1. The highest BCUT2D eigenvalue weighted by atomic mass is 32.2. The van der Waals surface area contributed by atoms with E-state index in [1.807, 2.05) is 0 Å². The molecule has 0 aromatic carbocycles. The zero-order valence-electron chi connectivity index (χ0n) is 6.46. The van der Waals surface area contributed by atoms with Gasteiger partial charge in [0.1, 0.15) is 5.25 Å². The fraction of sp³-hybridized carbons (Fsp3) is 1.00. The number of rotatable bonds is 2. The van der Waals surface area contributed by atoms with Gasteiger partial charge in [0.15, 0.2) is 9.84 Å². The summed E-state index contributed by atoms with van der Waals surface area (Å²) in [6, 6.07) is 0. The second-order valence-corrected chi connectivity index (χ2v) is 5.27. The minimum absolute atomic E-state index is 0.0343. The van der Waals surface area contributed by atoms with E-state index in [0.717, 1.165) is 0 Å². The summed E-state index contributed by atoms with van der Waals surface area (Å²) in [5, 5.41) is -1.55. The van der Waals surface area contributed by atoms with Crippen molar-refractivity contribution in [2.24, 2.45) is 5.73 Å². The van der Waals surface area contributed by atoms with E-state index in [4.69, 9.17) is 5.73 Å². The van der Waals surface area contributed by atoms with Crippen LogP contribution in [0.3, 0.4) is 0 Å². The fourth-order valence-electron chi connectivity index (χ4n) is 1.40. The van der Waals surface area contributed by atoms with Crippen LogP contribution in [0, 0.1) is 0 Å². The molecule has 1 fully saturated rings. The largest absolute Gasteiger partial charge is 0.325 e. The topological polar surface area (TPSA) is 60.2 Å². The Kier molecular flexibility index (Phi) is 2.40. The Morgan fingerprint density at radius 2 is 2.08 bits per heavy atom. The summed E-state index contributed by atoms with van der Waals surface area (Å²) in [5.41, 5.74) is 4.79. The van der Waals surface area contributed by atoms with Gasteiger partial charge in [0.2, 0.25) is 0 Å². The van der Waals surface area contributed by atoms with E-state index in [9.17, 15) is 17.2 Å². The molecule has 1 rings (SSSR count).